The zero-order valence-electron chi connectivity index (χ0n) is 16.2. The molecular weight excluding hydrogens is 360 g/mol. The molecule has 3 rings (SSSR count). The van der Waals surface area contributed by atoms with Crippen LogP contribution in [-0.4, -0.2) is 38.2 Å². The van der Waals surface area contributed by atoms with Crippen LogP contribution < -0.4 is 24.4 Å². The summed E-state index contributed by atoms with van der Waals surface area (Å²) < 4.78 is 16.4. The van der Waals surface area contributed by atoms with Crippen LogP contribution in [0, 0.1) is 0 Å². The third kappa shape index (κ3) is 4.19. The highest BCUT2D eigenvalue weighted by Gasteiger charge is 2.31. The summed E-state index contributed by atoms with van der Waals surface area (Å²) in [6.45, 7) is 4.21. The van der Waals surface area contributed by atoms with Gasteiger partial charge < -0.3 is 24.4 Å². The number of hydrogen-bond donors (Lipinski definition) is 1. The molecule has 148 valence electrons. The summed E-state index contributed by atoms with van der Waals surface area (Å²) in [4.78, 5) is 26.3. The van der Waals surface area contributed by atoms with Crippen LogP contribution in [0.2, 0.25) is 0 Å². The van der Waals surface area contributed by atoms with Crippen molar-refractivity contribution in [2.45, 2.75) is 26.4 Å². The first-order chi connectivity index (χ1) is 13.5. The summed E-state index contributed by atoms with van der Waals surface area (Å²) in [7, 11) is 1.54. The van der Waals surface area contributed by atoms with Gasteiger partial charge in [0.2, 0.25) is 0 Å². The summed E-state index contributed by atoms with van der Waals surface area (Å²) in [5, 5.41) is 2.78. The van der Waals surface area contributed by atoms with Gasteiger partial charge in [-0.15, -0.1) is 0 Å². The highest BCUT2D eigenvalue weighted by molar-refractivity contribution is 6.00. The molecule has 1 aliphatic rings. The lowest BCUT2D eigenvalue weighted by Crippen LogP contribution is -2.44. The maximum atomic E-state index is 12.3. The predicted molar refractivity (Wildman–Crippen MR) is 106 cm³/mol. The number of anilines is 2. The van der Waals surface area contributed by atoms with E-state index in [-0.39, 0.29) is 18.4 Å². The number of methoxy groups -OCH3 is 1. The average Bonchev–Trinajstić information content (AvgIpc) is 2.70. The molecule has 1 heterocycles. The molecule has 0 bridgehead atoms. The molecule has 1 atom stereocenters. The SMILES string of the molecule is CCCN1C(=O)C(C)Oc2cc(NC(=O)COc3ccccc3OC)ccc21. The normalized spacial score (nSPS) is 15.5. The van der Waals surface area contributed by atoms with Crippen molar-refractivity contribution >= 4 is 23.2 Å². The fourth-order valence-corrected chi connectivity index (χ4v) is 3.02. The van der Waals surface area contributed by atoms with Crippen molar-refractivity contribution in [3.63, 3.8) is 0 Å². The summed E-state index contributed by atoms with van der Waals surface area (Å²) in [6, 6.07) is 12.4. The van der Waals surface area contributed by atoms with E-state index in [2.05, 4.69) is 5.32 Å². The monoisotopic (exact) mass is 384 g/mol. The Bertz CT molecular complexity index is 868. The lowest BCUT2D eigenvalue weighted by Gasteiger charge is -2.33. The third-order valence-corrected chi connectivity index (χ3v) is 4.33. The molecule has 7 nitrogen and oxygen atoms in total. The fourth-order valence-electron chi connectivity index (χ4n) is 3.02. The second-order valence-electron chi connectivity index (χ2n) is 6.42. The molecule has 7 heteroatoms. The van der Waals surface area contributed by atoms with Gasteiger partial charge in [-0.2, -0.15) is 0 Å². The van der Waals surface area contributed by atoms with Crippen LogP contribution in [0.4, 0.5) is 11.4 Å². The Hall–Kier alpha value is -3.22. The fraction of sp³-hybridized carbons (Fsp3) is 0.333. The van der Waals surface area contributed by atoms with E-state index in [1.165, 1.54) is 0 Å². The molecule has 0 fully saturated rings. The van der Waals surface area contributed by atoms with Gasteiger partial charge in [-0.25, -0.2) is 0 Å². The first kappa shape index (κ1) is 19.5. The minimum Gasteiger partial charge on any atom is -0.493 e. The number of hydrogen-bond acceptors (Lipinski definition) is 5. The molecule has 0 saturated carbocycles. The number of nitrogens with one attached hydrogen (secondary N) is 1. The first-order valence-electron chi connectivity index (χ1n) is 9.21. The van der Waals surface area contributed by atoms with Crippen molar-refractivity contribution in [2.75, 3.05) is 30.5 Å². The second kappa shape index (κ2) is 8.65. The number of carbonyl (C=O) groups is 2. The number of fused-ring (bicyclic) bond motifs is 1. The lowest BCUT2D eigenvalue weighted by molar-refractivity contribution is -0.125. The van der Waals surface area contributed by atoms with Crippen LogP contribution in [0.25, 0.3) is 0 Å². The molecular formula is C21H24N2O5. The Balaban J connectivity index is 1.67. The summed E-state index contributed by atoms with van der Waals surface area (Å²) in [6.07, 6.45) is 0.287. The van der Waals surface area contributed by atoms with Crippen LogP contribution in [-0.2, 0) is 9.59 Å². The topological polar surface area (TPSA) is 77.1 Å². The molecule has 1 aliphatic heterocycles. The smallest absolute Gasteiger partial charge is 0.267 e. The van der Waals surface area contributed by atoms with Crippen LogP contribution in [0.1, 0.15) is 20.3 Å². The molecule has 0 aromatic heterocycles. The van der Waals surface area contributed by atoms with Crippen molar-refractivity contribution in [3.8, 4) is 17.2 Å². The third-order valence-electron chi connectivity index (χ3n) is 4.33. The van der Waals surface area contributed by atoms with E-state index in [1.807, 2.05) is 13.0 Å². The van der Waals surface area contributed by atoms with Crippen LogP contribution in [0.15, 0.2) is 42.5 Å². The molecule has 28 heavy (non-hydrogen) atoms. The molecule has 0 saturated heterocycles. The van der Waals surface area contributed by atoms with Gasteiger partial charge in [0.05, 0.1) is 12.8 Å². The Morgan fingerprint density at radius 3 is 2.68 bits per heavy atom. The molecule has 0 aliphatic carbocycles. The lowest BCUT2D eigenvalue weighted by atomic mass is 10.1. The Labute approximate surface area is 164 Å². The molecule has 2 aromatic rings. The van der Waals surface area contributed by atoms with E-state index < -0.39 is 6.10 Å². The molecule has 0 spiro atoms. The number of carbonyl (C=O) groups excluding carboxylic acids is 2. The minimum absolute atomic E-state index is 0.0589. The number of nitrogens with zero attached hydrogens (tertiary/aromatic N) is 1. The minimum atomic E-state index is -0.557. The van der Waals surface area contributed by atoms with Crippen molar-refractivity contribution in [1.82, 2.24) is 0 Å². The number of ether oxygens (including phenoxy) is 3. The zero-order chi connectivity index (χ0) is 20.1. The highest BCUT2D eigenvalue weighted by atomic mass is 16.5. The molecule has 2 amide bonds. The average molecular weight is 384 g/mol. The van der Waals surface area contributed by atoms with Gasteiger partial charge in [0, 0.05) is 18.3 Å². The highest BCUT2D eigenvalue weighted by Crippen LogP contribution is 2.36. The van der Waals surface area contributed by atoms with Crippen LogP contribution in [0.5, 0.6) is 17.2 Å². The van der Waals surface area contributed by atoms with E-state index in [0.29, 0.717) is 35.2 Å². The summed E-state index contributed by atoms with van der Waals surface area (Å²) >= 11 is 0. The van der Waals surface area contributed by atoms with Gasteiger partial charge in [-0.1, -0.05) is 19.1 Å². The van der Waals surface area contributed by atoms with Gasteiger partial charge in [-0.05, 0) is 37.6 Å². The standard InChI is InChI=1S/C21H24N2O5/c1-4-11-23-16-10-9-15(12-19(16)28-14(2)21(23)25)22-20(24)13-27-18-8-6-5-7-17(18)26-3/h5-10,12,14H,4,11,13H2,1-3H3,(H,22,24). The van der Waals surface area contributed by atoms with Crippen LogP contribution >= 0.6 is 0 Å². The van der Waals surface area contributed by atoms with E-state index in [9.17, 15) is 9.59 Å². The largest absolute Gasteiger partial charge is 0.493 e. The number of amides is 2. The van der Waals surface area contributed by atoms with E-state index in [4.69, 9.17) is 14.2 Å². The van der Waals surface area contributed by atoms with Crippen LogP contribution in [0.3, 0.4) is 0 Å². The molecule has 2 aromatic carbocycles. The van der Waals surface area contributed by atoms with Gasteiger partial charge in [-0.3, -0.25) is 9.59 Å². The maximum Gasteiger partial charge on any atom is 0.267 e. The maximum absolute atomic E-state index is 12.3. The van der Waals surface area contributed by atoms with Crippen molar-refractivity contribution in [3.05, 3.63) is 42.5 Å². The van der Waals surface area contributed by atoms with E-state index >= 15 is 0 Å². The number of benzene rings is 2. The Morgan fingerprint density at radius 2 is 1.96 bits per heavy atom. The molecule has 1 N–H and O–H groups in total. The quantitative estimate of drug-likeness (QED) is 0.793. The van der Waals surface area contributed by atoms with Gasteiger partial charge >= 0.3 is 0 Å². The Kier molecular flexibility index (Phi) is 6.03. The summed E-state index contributed by atoms with van der Waals surface area (Å²) in [5.41, 5.74) is 1.29. The van der Waals surface area contributed by atoms with Gasteiger partial charge in [0.1, 0.15) is 5.75 Å². The van der Waals surface area contributed by atoms with Crippen molar-refractivity contribution in [1.29, 1.82) is 0 Å². The summed E-state index contributed by atoms with van der Waals surface area (Å²) in [5.74, 6) is 1.26. The predicted octanol–water partition coefficient (Wildman–Crippen LogP) is 3.24. The second-order valence-corrected chi connectivity index (χ2v) is 6.42. The van der Waals surface area contributed by atoms with Gasteiger partial charge in [0.25, 0.3) is 11.8 Å². The Morgan fingerprint density at radius 1 is 1.21 bits per heavy atom. The first-order valence-corrected chi connectivity index (χ1v) is 9.21. The van der Waals surface area contributed by atoms with Crippen molar-refractivity contribution in [2.24, 2.45) is 0 Å². The van der Waals surface area contributed by atoms with Gasteiger partial charge in [0.15, 0.2) is 24.2 Å². The number of para-hydroxylation sites is 2. The van der Waals surface area contributed by atoms with E-state index in [1.54, 1.807) is 55.3 Å². The van der Waals surface area contributed by atoms with Crippen molar-refractivity contribution < 1.29 is 23.8 Å². The molecule has 1 unspecified atom stereocenters. The number of rotatable bonds is 7. The van der Waals surface area contributed by atoms with E-state index in [0.717, 1.165) is 6.42 Å². The zero-order valence-corrected chi connectivity index (χ0v) is 16.2. The molecule has 0 radical (unpaired) electrons.